The second-order valence-corrected chi connectivity index (χ2v) is 6.92. The summed E-state index contributed by atoms with van der Waals surface area (Å²) >= 11 is 0. The summed E-state index contributed by atoms with van der Waals surface area (Å²) in [6.07, 6.45) is -0.270. The summed E-state index contributed by atoms with van der Waals surface area (Å²) in [6.45, 7) is 10.4. The third kappa shape index (κ3) is 5.43. The molecule has 1 atom stereocenters. The highest BCUT2D eigenvalue weighted by Gasteiger charge is 2.29. The average Bonchev–Trinajstić information content (AvgIpc) is 2.25. The van der Waals surface area contributed by atoms with Gasteiger partial charge >= 0.3 is 0 Å². The van der Waals surface area contributed by atoms with Gasteiger partial charge in [-0.1, -0.05) is 51.1 Å². The minimum absolute atomic E-state index is 0.120. The van der Waals surface area contributed by atoms with Crippen LogP contribution in [-0.2, 0) is 4.79 Å². The Morgan fingerprint density at radius 3 is 2.16 bits per heavy atom. The zero-order chi connectivity index (χ0) is 14.7. The fourth-order valence-corrected chi connectivity index (χ4v) is 2.56. The van der Waals surface area contributed by atoms with E-state index in [-0.39, 0.29) is 16.9 Å². The van der Waals surface area contributed by atoms with E-state index in [9.17, 15) is 9.90 Å². The molecule has 3 nitrogen and oxygen atoms in total. The highest BCUT2D eigenvalue weighted by Crippen LogP contribution is 2.27. The molecule has 0 aliphatic heterocycles. The molecule has 0 aliphatic carbocycles. The van der Waals surface area contributed by atoms with Crippen molar-refractivity contribution in [1.29, 1.82) is 0 Å². The molecule has 0 saturated heterocycles. The van der Waals surface area contributed by atoms with Crippen molar-refractivity contribution in [3.8, 4) is 0 Å². The minimum Gasteiger partial charge on any atom is -0.378 e. The lowest BCUT2D eigenvalue weighted by Gasteiger charge is -2.34. The van der Waals surface area contributed by atoms with E-state index in [0.29, 0.717) is 5.56 Å². The Hall–Kier alpha value is -1.35. The van der Waals surface area contributed by atoms with E-state index in [1.165, 1.54) is 0 Å². The Kier molecular flexibility index (Phi) is 4.75. The predicted molar refractivity (Wildman–Crippen MR) is 77.7 cm³/mol. The van der Waals surface area contributed by atoms with Crippen LogP contribution in [0.4, 0.5) is 0 Å². The SMILES string of the molecule is CC(C)(C)CC(C)(C)NC(=O)C(O)c1ccccc1. The molecule has 0 aliphatic rings. The fourth-order valence-electron chi connectivity index (χ4n) is 2.56. The number of benzene rings is 1. The van der Waals surface area contributed by atoms with E-state index in [1.54, 1.807) is 12.1 Å². The molecule has 0 radical (unpaired) electrons. The maximum atomic E-state index is 12.1. The maximum Gasteiger partial charge on any atom is 0.253 e. The zero-order valence-electron chi connectivity index (χ0n) is 12.5. The van der Waals surface area contributed by atoms with Gasteiger partial charge in [-0.05, 0) is 31.2 Å². The number of carbonyl (C=O) groups excluding carboxylic acids is 1. The monoisotopic (exact) mass is 263 g/mol. The Bertz CT molecular complexity index is 418. The maximum absolute atomic E-state index is 12.1. The number of amides is 1. The van der Waals surface area contributed by atoms with Crippen LogP contribution in [-0.4, -0.2) is 16.6 Å². The molecule has 0 saturated carbocycles. The molecule has 0 spiro atoms. The standard InChI is InChI=1S/C16H25NO2/c1-15(2,3)11-16(4,5)17-14(19)13(18)12-9-7-6-8-10-12/h6-10,13,18H,11H2,1-5H3,(H,17,19). The molecular formula is C16H25NO2. The first-order valence-corrected chi connectivity index (χ1v) is 6.66. The Morgan fingerprint density at radius 2 is 1.68 bits per heavy atom. The van der Waals surface area contributed by atoms with Gasteiger partial charge in [0.1, 0.15) is 0 Å². The highest BCUT2D eigenvalue weighted by molar-refractivity contribution is 5.82. The normalized spacial score (nSPS) is 14.0. The molecule has 0 heterocycles. The van der Waals surface area contributed by atoms with Crippen molar-refractivity contribution in [1.82, 2.24) is 5.32 Å². The van der Waals surface area contributed by atoms with E-state index < -0.39 is 6.10 Å². The first-order valence-electron chi connectivity index (χ1n) is 6.66. The van der Waals surface area contributed by atoms with Crippen molar-refractivity contribution >= 4 is 5.91 Å². The first kappa shape index (κ1) is 15.7. The molecule has 0 aromatic heterocycles. The van der Waals surface area contributed by atoms with Crippen LogP contribution >= 0.6 is 0 Å². The van der Waals surface area contributed by atoms with E-state index in [4.69, 9.17) is 0 Å². The number of carbonyl (C=O) groups is 1. The third-order valence-corrected chi connectivity index (χ3v) is 2.80. The lowest BCUT2D eigenvalue weighted by molar-refractivity contribution is -0.131. The van der Waals surface area contributed by atoms with Crippen LogP contribution in [0, 0.1) is 5.41 Å². The fraction of sp³-hybridized carbons (Fsp3) is 0.562. The molecule has 1 aromatic rings. The second kappa shape index (κ2) is 5.74. The van der Waals surface area contributed by atoms with Crippen molar-refractivity contribution in [3.63, 3.8) is 0 Å². The van der Waals surface area contributed by atoms with Gasteiger partial charge in [-0.15, -0.1) is 0 Å². The van der Waals surface area contributed by atoms with E-state index in [2.05, 4.69) is 26.1 Å². The summed E-state index contributed by atoms with van der Waals surface area (Å²) in [5.74, 6) is -0.347. The molecule has 1 aromatic carbocycles. The number of aliphatic hydroxyl groups is 1. The summed E-state index contributed by atoms with van der Waals surface area (Å²) in [5, 5.41) is 13.0. The van der Waals surface area contributed by atoms with Gasteiger partial charge in [0.2, 0.25) is 0 Å². The smallest absolute Gasteiger partial charge is 0.253 e. The summed E-state index contributed by atoms with van der Waals surface area (Å²) in [6, 6.07) is 8.98. The van der Waals surface area contributed by atoms with E-state index in [0.717, 1.165) is 6.42 Å². The molecule has 0 fully saturated rings. The first-order chi connectivity index (χ1) is 8.61. The molecule has 2 N–H and O–H groups in total. The van der Waals surface area contributed by atoms with Crippen LogP contribution in [0.3, 0.4) is 0 Å². The van der Waals surface area contributed by atoms with Crippen molar-refractivity contribution in [3.05, 3.63) is 35.9 Å². The minimum atomic E-state index is -1.11. The van der Waals surface area contributed by atoms with Gasteiger partial charge in [-0.3, -0.25) is 4.79 Å². The summed E-state index contributed by atoms with van der Waals surface area (Å²) in [4.78, 5) is 12.1. The second-order valence-electron chi connectivity index (χ2n) is 6.92. The Morgan fingerprint density at radius 1 is 1.16 bits per heavy atom. The highest BCUT2D eigenvalue weighted by atomic mass is 16.3. The van der Waals surface area contributed by atoms with Gasteiger partial charge in [-0.2, -0.15) is 0 Å². The van der Waals surface area contributed by atoms with Crippen LogP contribution in [0.1, 0.15) is 52.7 Å². The average molecular weight is 263 g/mol. The van der Waals surface area contributed by atoms with Crippen molar-refractivity contribution in [2.45, 2.75) is 52.7 Å². The topological polar surface area (TPSA) is 49.3 Å². The number of rotatable bonds is 4. The molecule has 19 heavy (non-hydrogen) atoms. The third-order valence-electron chi connectivity index (χ3n) is 2.80. The number of hydrogen-bond donors (Lipinski definition) is 2. The lowest BCUT2D eigenvalue weighted by atomic mass is 9.81. The van der Waals surface area contributed by atoms with E-state index >= 15 is 0 Å². The number of aliphatic hydroxyl groups excluding tert-OH is 1. The number of hydrogen-bond acceptors (Lipinski definition) is 2. The largest absolute Gasteiger partial charge is 0.378 e. The van der Waals surface area contributed by atoms with Crippen LogP contribution < -0.4 is 5.32 Å². The molecule has 3 heteroatoms. The van der Waals surface area contributed by atoms with Crippen LogP contribution in [0.5, 0.6) is 0 Å². The van der Waals surface area contributed by atoms with Crippen LogP contribution in [0.15, 0.2) is 30.3 Å². The summed E-state index contributed by atoms with van der Waals surface area (Å²) in [5.41, 5.74) is 0.395. The van der Waals surface area contributed by atoms with Gasteiger partial charge in [0, 0.05) is 5.54 Å². The van der Waals surface area contributed by atoms with Crippen LogP contribution in [0.25, 0.3) is 0 Å². The van der Waals surface area contributed by atoms with Crippen LogP contribution in [0.2, 0.25) is 0 Å². The Balaban J connectivity index is 2.69. The molecule has 1 unspecified atom stereocenters. The van der Waals surface area contributed by atoms with Gasteiger partial charge in [-0.25, -0.2) is 0 Å². The molecular weight excluding hydrogens is 238 g/mol. The Labute approximate surface area is 116 Å². The summed E-state index contributed by atoms with van der Waals surface area (Å²) < 4.78 is 0. The zero-order valence-corrected chi connectivity index (χ0v) is 12.5. The number of nitrogens with one attached hydrogen (secondary N) is 1. The predicted octanol–water partition coefficient (Wildman–Crippen LogP) is 3.05. The van der Waals surface area contributed by atoms with Crippen molar-refractivity contribution in [2.75, 3.05) is 0 Å². The van der Waals surface area contributed by atoms with Gasteiger partial charge < -0.3 is 10.4 Å². The van der Waals surface area contributed by atoms with E-state index in [1.807, 2.05) is 32.0 Å². The molecule has 1 amide bonds. The summed E-state index contributed by atoms with van der Waals surface area (Å²) in [7, 11) is 0. The van der Waals surface area contributed by atoms with Crippen molar-refractivity contribution in [2.24, 2.45) is 5.41 Å². The van der Waals surface area contributed by atoms with Gasteiger partial charge in [0.15, 0.2) is 6.10 Å². The molecule has 0 bridgehead atoms. The molecule has 1 rings (SSSR count). The van der Waals surface area contributed by atoms with Gasteiger partial charge in [0.25, 0.3) is 5.91 Å². The van der Waals surface area contributed by atoms with Crippen molar-refractivity contribution < 1.29 is 9.90 Å². The quantitative estimate of drug-likeness (QED) is 0.877. The van der Waals surface area contributed by atoms with Gasteiger partial charge in [0.05, 0.1) is 0 Å². The lowest BCUT2D eigenvalue weighted by Crippen LogP contribution is -2.47. The molecule has 106 valence electrons.